The summed E-state index contributed by atoms with van der Waals surface area (Å²) in [5, 5.41) is 9.95. The summed E-state index contributed by atoms with van der Waals surface area (Å²) in [6.45, 7) is 0.564. The molecule has 94 valence electrons. The van der Waals surface area contributed by atoms with Crippen molar-refractivity contribution >= 4 is 0 Å². The van der Waals surface area contributed by atoms with Gasteiger partial charge in [-0.15, -0.1) is 0 Å². The Morgan fingerprint density at radius 1 is 1.29 bits per heavy atom. The minimum atomic E-state index is -0.263. The van der Waals surface area contributed by atoms with Crippen LogP contribution in [0.3, 0.4) is 0 Å². The molecule has 1 aromatic carbocycles. The highest BCUT2D eigenvalue weighted by atomic mass is 19.1. The Kier molecular flexibility index (Phi) is 4.13. The van der Waals surface area contributed by atoms with Crippen LogP contribution in [-0.4, -0.2) is 29.2 Å². The number of aliphatic hydroxyl groups is 1. The second-order valence-corrected chi connectivity index (χ2v) is 4.93. The molecule has 1 saturated carbocycles. The zero-order valence-electron chi connectivity index (χ0n) is 10.3. The van der Waals surface area contributed by atoms with Gasteiger partial charge in [0.15, 0.2) is 0 Å². The second-order valence-electron chi connectivity index (χ2n) is 4.93. The molecule has 2 rings (SSSR count). The van der Waals surface area contributed by atoms with Gasteiger partial charge in [-0.3, -0.25) is 4.90 Å². The van der Waals surface area contributed by atoms with Gasteiger partial charge in [-0.1, -0.05) is 31.0 Å². The number of likely N-dealkylation sites (N-methyl/N-ethyl adjacent to an activating group) is 1. The van der Waals surface area contributed by atoms with E-state index in [2.05, 4.69) is 4.90 Å². The fourth-order valence-electron chi connectivity index (χ4n) is 2.62. The molecule has 1 aliphatic rings. The number of aliphatic hydroxyl groups excluding tert-OH is 1. The predicted molar refractivity (Wildman–Crippen MR) is 66.1 cm³/mol. The molecule has 0 saturated heterocycles. The average Bonchev–Trinajstić information content (AvgIpc) is 2.32. The van der Waals surface area contributed by atoms with Crippen molar-refractivity contribution in [3.8, 4) is 0 Å². The van der Waals surface area contributed by atoms with E-state index in [-0.39, 0.29) is 18.0 Å². The van der Waals surface area contributed by atoms with Crippen LogP contribution in [0.2, 0.25) is 0 Å². The molecule has 2 unspecified atom stereocenters. The molecule has 1 aliphatic carbocycles. The molecule has 0 radical (unpaired) electrons. The van der Waals surface area contributed by atoms with Gasteiger partial charge in [0.1, 0.15) is 5.82 Å². The summed E-state index contributed by atoms with van der Waals surface area (Å²) in [4.78, 5) is 2.07. The maximum atomic E-state index is 13.5. The van der Waals surface area contributed by atoms with E-state index in [0.717, 1.165) is 25.7 Å². The fourth-order valence-corrected chi connectivity index (χ4v) is 2.62. The van der Waals surface area contributed by atoms with E-state index >= 15 is 0 Å². The average molecular weight is 237 g/mol. The number of rotatable bonds is 3. The van der Waals surface area contributed by atoms with Crippen LogP contribution >= 0.6 is 0 Å². The van der Waals surface area contributed by atoms with Crippen LogP contribution in [-0.2, 0) is 6.54 Å². The van der Waals surface area contributed by atoms with Crippen LogP contribution in [0.25, 0.3) is 0 Å². The Morgan fingerprint density at radius 3 is 2.71 bits per heavy atom. The van der Waals surface area contributed by atoms with E-state index in [0.29, 0.717) is 12.1 Å². The molecule has 0 aromatic heterocycles. The lowest BCUT2D eigenvalue weighted by Crippen LogP contribution is -2.42. The van der Waals surface area contributed by atoms with Crippen molar-refractivity contribution in [2.24, 2.45) is 0 Å². The number of benzene rings is 1. The number of halogens is 1. The normalized spacial score (nSPS) is 25.2. The van der Waals surface area contributed by atoms with Gasteiger partial charge in [-0.05, 0) is 26.0 Å². The summed E-state index contributed by atoms with van der Waals surface area (Å²) < 4.78 is 13.5. The SMILES string of the molecule is CN(Cc1ccccc1F)C1CCCCC1O. The summed E-state index contributed by atoms with van der Waals surface area (Å²) in [6.07, 6.45) is 3.87. The van der Waals surface area contributed by atoms with Crippen LogP contribution in [0.15, 0.2) is 24.3 Å². The smallest absolute Gasteiger partial charge is 0.127 e. The lowest BCUT2D eigenvalue weighted by Gasteiger charge is -2.35. The Labute approximate surface area is 102 Å². The minimum absolute atomic E-state index is 0.162. The van der Waals surface area contributed by atoms with E-state index in [1.165, 1.54) is 6.07 Å². The summed E-state index contributed by atoms with van der Waals surface area (Å²) in [6, 6.07) is 7.02. The molecule has 0 spiro atoms. The van der Waals surface area contributed by atoms with Gasteiger partial charge in [0.2, 0.25) is 0 Å². The van der Waals surface area contributed by atoms with Crippen LogP contribution in [0, 0.1) is 5.82 Å². The maximum Gasteiger partial charge on any atom is 0.127 e. The first kappa shape index (κ1) is 12.5. The summed E-state index contributed by atoms with van der Waals surface area (Å²) in [7, 11) is 1.96. The molecule has 2 nitrogen and oxygen atoms in total. The zero-order chi connectivity index (χ0) is 12.3. The van der Waals surface area contributed by atoms with Crippen molar-refractivity contribution in [1.82, 2.24) is 4.90 Å². The quantitative estimate of drug-likeness (QED) is 0.873. The summed E-state index contributed by atoms with van der Waals surface area (Å²) in [5.74, 6) is -0.162. The highest BCUT2D eigenvalue weighted by Gasteiger charge is 2.26. The van der Waals surface area contributed by atoms with Gasteiger partial charge in [0, 0.05) is 18.2 Å². The van der Waals surface area contributed by atoms with Gasteiger partial charge in [-0.2, -0.15) is 0 Å². The van der Waals surface area contributed by atoms with E-state index in [9.17, 15) is 9.50 Å². The summed E-state index contributed by atoms with van der Waals surface area (Å²) >= 11 is 0. The van der Waals surface area contributed by atoms with E-state index in [1.807, 2.05) is 13.1 Å². The Bertz CT molecular complexity index is 369. The van der Waals surface area contributed by atoms with Gasteiger partial charge in [0.05, 0.1) is 6.10 Å². The molecular formula is C14H20FNO. The van der Waals surface area contributed by atoms with Crippen LogP contribution in [0.5, 0.6) is 0 Å². The van der Waals surface area contributed by atoms with Crippen molar-refractivity contribution < 1.29 is 9.50 Å². The van der Waals surface area contributed by atoms with Crippen LogP contribution in [0.1, 0.15) is 31.2 Å². The molecule has 1 fully saturated rings. The monoisotopic (exact) mass is 237 g/mol. The van der Waals surface area contributed by atoms with Crippen molar-refractivity contribution in [2.45, 2.75) is 44.4 Å². The standard InChI is InChI=1S/C14H20FNO/c1-16(13-8-4-5-9-14(13)17)10-11-6-2-3-7-12(11)15/h2-3,6-7,13-14,17H,4-5,8-10H2,1H3. The van der Waals surface area contributed by atoms with Gasteiger partial charge in [0.25, 0.3) is 0 Å². The van der Waals surface area contributed by atoms with E-state index in [4.69, 9.17) is 0 Å². The molecule has 1 aromatic rings. The Morgan fingerprint density at radius 2 is 2.00 bits per heavy atom. The molecule has 17 heavy (non-hydrogen) atoms. The van der Waals surface area contributed by atoms with Crippen molar-refractivity contribution in [3.05, 3.63) is 35.6 Å². The van der Waals surface area contributed by atoms with Gasteiger partial charge in [-0.25, -0.2) is 4.39 Å². The first-order chi connectivity index (χ1) is 8.18. The van der Waals surface area contributed by atoms with Crippen molar-refractivity contribution in [1.29, 1.82) is 0 Å². The molecule has 0 heterocycles. The van der Waals surface area contributed by atoms with Crippen LogP contribution < -0.4 is 0 Å². The first-order valence-electron chi connectivity index (χ1n) is 6.30. The van der Waals surface area contributed by atoms with Crippen molar-refractivity contribution in [2.75, 3.05) is 7.05 Å². The minimum Gasteiger partial charge on any atom is -0.391 e. The molecule has 0 bridgehead atoms. The Hall–Kier alpha value is -0.930. The zero-order valence-corrected chi connectivity index (χ0v) is 10.3. The molecular weight excluding hydrogens is 217 g/mol. The molecule has 0 aliphatic heterocycles. The molecule has 2 atom stereocenters. The van der Waals surface area contributed by atoms with E-state index < -0.39 is 0 Å². The highest BCUT2D eigenvalue weighted by Crippen LogP contribution is 2.23. The van der Waals surface area contributed by atoms with Crippen molar-refractivity contribution in [3.63, 3.8) is 0 Å². The summed E-state index contributed by atoms with van der Waals surface area (Å²) in [5.41, 5.74) is 0.702. The molecule has 0 amide bonds. The number of hydrogen-bond donors (Lipinski definition) is 1. The molecule has 1 N–H and O–H groups in total. The van der Waals surface area contributed by atoms with Crippen LogP contribution in [0.4, 0.5) is 4.39 Å². The lowest BCUT2D eigenvalue weighted by molar-refractivity contribution is 0.0284. The fraction of sp³-hybridized carbons (Fsp3) is 0.571. The largest absolute Gasteiger partial charge is 0.391 e. The third-order valence-corrected chi connectivity index (χ3v) is 3.64. The Balaban J connectivity index is 2.01. The topological polar surface area (TPSA) is 23.5 Å². The van der Waals surface area contributed by atoms with Gasteiger partial charge >= 0.3 is 0 Å². The predicted octanol–water partition coefficient (Wildman–Crippen LogP) is 2.56. The second kappa shape index (κ2) is 5.61. The molecule has 3 heteroatoms. The number of nitrogens with zero attached hydrogens (tertiary/aromatic N) is 1. The lowest BCUT2D eigenvalue weighted by atomic mass is 9.91. The third kappa shape index (κ3) is 3.05. The van der Waals surface area contributed by atoms with E-state index in [1.54, 1.807) is 12.1 Å². The number of hydrogen-bond acceptors (Lipinski definition) is 2. The third-order valence-electron chi connectivity index (χ3n) is 3.64. The maximum absolute atomic E-state index is 13.5. The van der Waals surface area contributed by atoms with Gasteiger partial charge < -0.3 is 5.11 Å². The first-order valence-corrected chi connectivity index (χ1v) is 6.30. The highest BCUT2D eigenvalue weighted by molar-refractivity contribution is 5.17.